The zero-order valence-electron chi connectivity index (χ0n) is 24.1. The normalized spacial score (nSPS) is 19.7. The Morgan fingerprint density at radius 2 is 1.63 bits per heavy atom. The fourth-order valence-corrected chi connectivity index (χ4v) is 5.54. The van der Waals surface area contributed by atoms with Crippen LogP contribution in [-0.4, -0.2) is 53.0 Å². The van der Waals surface area contributed by atoms with Crippen molar-refractivity contribution in [3.8, 4) is 0 Å². The number of alkyl halides is 5. The second-order valence-electron chi connectivity index (χ2n) is 12.0. The maximum atomic E-state index is 14.0. The second kappa shape index (κ2) is 11.8. The molecule has 2 N–H and O–H groups in total. The Bertz CT molecular complexity index is 1450. The highest BCUT2D eigenvalue weighted by Gasteiger charge is 2.41. The molecule has 2 fully saturated rings. The van der Waals surface area contributed by atoms with Crippen molar-refractivity contribution in [2.75, 3.05) is 0 Å². The van der Waals surface area contributed by atoms with Gasteiger partial charge in [0.2, 0.25) is 23.4 Å². The lowest BCUT2D eigenvalue weighted by Crippen LogP contribution is -2.38. The molecule has 5 rings (SSSR count). The third-order valence-corrected chi connectivity index (χ3v) is 8.25. The summed E-state index contributed by atoms with van der Waals surface area (Å²) >= 11 is 0. The van der Waals surface area contributed by atoms with Gasteiger partial charge in [-0.1, -0.05) is 6.92 Å². The predicted octanol–water partition coefficient (Wildman–Crippen LogP) is 5.35. The number of hydrogen-bond acceptors (Lipinski definition) is 6. The van der Waals surface area contributed by atoms with E-state index in [4.69, 9.17) is 0 Å². The lowest BCUT2D eigenvalue weighted by Gasteiger charge is -2.33. The molecule has 0 aliphatic heterocycles. The number of nitrogens with one attached hydrogen (secondary N) is 2. The minimum atomic E-state index is -4.47. The molecule has 3 aromatic rings. The van der Waals surface area contributed by atoms with Crippen molar-refractivity contribution in [1.82, 2.24) is 39.8 Å². The molecule has 0 bridgehead atoms. The van der Waals surface area contributed by atoms with E-state index in [0.717, 1.165) is 19.8 Å². The Morgan fingerprint density at radius 3 is 2.26 bits per heavy atom. The van der Waals surface area contributed by atoms with Crippen molar-refractivity contribution < 1.29 is 31.5 Å². The fourth-order valence-electron chi connectivity index (χ4n) is 5.54. The van der Waals surface area contributed by atoms with Crippen molar-refractivity contribution in [1.29, 1.82) is 0 Å². The van der Waals surface area contributed by atoms with E-state index >= 15 is 0 Å². The van der Waals surface area contributed by atoms with Gasteiger partial charge in [0.15, 0.2) is 0 Å². The SMILES string of the molecule is CC(C)n1ncnc1C(=O)NC(c1cn2ccc(C(NC(=O)CC(C)C(F)(F)F)C3CC3)nc2n1)C1CCC(F)(F)CC1. The highest BCUT2D eigenvalue weighted by molar-refractivity contribution is 5.91. The molecule has 2 amide bonds. The summed E-state index contributed by atoms with van der Waals surface area (Å²) in [6.45, 7) is 4.68. The number of hydrogen-bond donors (Lipinski definition) is 2. The van der Waals surface area contributed by atoms with E-state index in [2.05, 4.69) is 30.7 Å². The van der Waals surface area contributed by atoms with E-state index in [9.17, 15) is 31.5 Å². The maximum absolute atomic E-state index is 14.0. The molecule has 43 heavy (non-hydrogen) atoms. The van der Waals surface area contributed by atoms with Crippen LogP contribution in [0.2, 0.25) is 0 Å². The number of rotatable bonds is 10. The van der Waals surface area contributed by atoms with E-state index in [1.54, 1.807) is 22.9 Å². The van der Waals surface area contributed by atoms with E-state index < -0.39 is 48.3 Å². The quantitative estimate of drug-likeness (QED) is 0.299. The number of fused-ring (bicyclic) bond motifs is 1. The summed E-state index contributed by atoms with van der Waals surface area (Å²) in [5.41, 5.74) is 0.887. The molecule has 234 valence electrons. The van der Waals surface area contributed by atoms with Crippen LogP contribution < -0.4 is 10.6 Å². The summed E-state index contributed by atoms with van der Waals surface area (Å²) in [7, 11) is 0. The molecule has 0 spiro atoms. The van der Waals surface area contributed by atoms with Crippen molar-refractivity contribution in [3.05, 3.63) is 42.0 Å². The second-order valence-corrected chi connectivity index (χ2v) is 12.0. The third-order valence-electron chi connectivity index (χ3n) is 8.25. The number of nitrogens with zero attached hydrogens (tertiary/aromatic N) is 6. The summed E-state index contributed by atoms with van der Waals surface area (Å²) in [5.74, 6) is -5.70. The Labute approximate surface area is 244 Å². The first-order chi connectivity index (χ1) is 20.2. The van der Waals surface area contributed by atoms with Gasteiger partial charge < -0.3 is 10.6 Å². The van der Waals surface area contributed by atoms with Crippen LogP contribution >= 0.6 is 0 Å². The van der Waals surface area contributed by atoms with Gasteiger partial charge in [0.1, 0.15) is 6.33 Å². The zero-order chi connectivity index (χ0) is 31.1. The average Bonchev–Trinajstić information content (AvgIpc) is 3.47. The third kappa shape index (κ3) is 7.12. The molecule has 3 atom stereocenters. The first-order valence-electron chi connectivity index (χ1n) is 14.5. The van der Waals surface area contributed by atoms with E-state index in [1.807, 2.05) is 13.8 Å². The molecule has 3 unspecified atom stereocenters. The van der Waals surface area contributed by atoms with Gasteiger partial charge >= 0.3 is 6.18 Å². The molecule has 15 heteroatoms. The van der Waals surface area contributed by atoms with Gasteiger partial charge in [0, 0.05) is 37.7 Å². The van der Waals surface area contributed by atoms with Gasteiger partial charge in [-0.2, -0.15) is 18.3 Å². The van der Waals surface area contributed by atoms with Crippen molar-refractivity contribution in [2.45, 2.75) is 95.9 Å². The highest BCUT2D eigenvalue weighted by Crippen LogP contribution is 2.42. The van der Waals surface area contributed by atoms with Crippen molar-refractivity contribution in [3.63, 3.8) is 0 Å². The van der Waals surface area contributed by atoms with Gasteiger partial charge in [0.05, 0.1) is 29.4 Å². The molecular formula is C28H35F5N8O2. The Hall–Kier alpha value is -3.65. The molecule has 3 aromatic heterocycles. The highest BCUT2D eigenvalue weighted by atomic mass is 19.4. The van der Waals surface area contributed by atoms with Crippen LogP contribution in [0.1, 0.15) is 106 Å². The van der Waals surface area contributed by atoms with Gasteiger partial charge in [-0.25, -0.2) is 28.4 Å². The van der Waals surface area contributed by atoms with Gasteiger partial charge in [-0.05, 0) is 57.4 Å². The largest absolute Gasteiger partial charge is 0.392 e. The Balaban J connectivity index is 1.41. The first kappa shape index (κ1) is 30.8. The summed E-state index contributed by atoms with van der Waals surface area (Å²) in [6.07, 6.45) is 0.803. The summed E-state index contributed by atoms with van der Waals surface area (Å²) in [6, 6.07) is 0.254. The minimum Gasteiger partial charge on any atom is -0.347 e. The predicted molar refractivity (Wildman–Crippen MR) is 144 cm³/mol. The van der Waals surface area contributed by atoms with Crippen LogP contribution in [0, 0.1) is 17.8 Å². The number of amides is 2. The summed E-state index contributed by atoms with van der Waals surface area (Å²) in [4.78, 5) is 39.2. The minimum absolute atomic E-state index is 0.0452. The smallest absolute Gasteiger partial charge is 0.347 e. The van der Waals surface area contributed by atoms with Gasteiger partial charge in [0.25, 0.3) is 5.91 Å². The average molecular weight is 611 g/mol. The van der Waals surface area contributed by atoms with Crippen molar-refractivity contribution in [2.24, 2.45) is 17.8 Å². The monoisotopic (exact) mass is 610 g/mol. The van der Waals surface area contributed by atoms with Gasteiger partial charge in [-0.3, -0.25) is 14.0 Å². The van der Waals surface area contributed by atoms with Crippen LogP contribution in [-0.2, 0) is 4.79 Å². The Kier molecular flexibility index (Phi) is 8.45. The van der Waals surface area contributed by atoms with Crippen LogP contribution in [0.15, 0.2) is 24.8 Å². The maximum Gasteiger partial charge on any atom is 0.392 e. The molecule has 0 saturated heterocycles. The number of imidazole rings is 1. The molecule has 3 heterocycles. The summed E-state index contributed by atoms with van der Waals surface area (Å²) in [5, 5.41) is 9.78. The van der Waals surface area contributed by atoms with Crippen LogP contribution in [0.5, 0.6) is 0 Å². The van der Waals surface area contributed by atoms with E-state index in [0.29, 0.717) is 11.4 Å². The number of halogens is 5. The van der Waals surface area contributed by atoms with Crippen molar-refractivity contribution >= 4 is 17.6 Å². The van der Waals surface area contributed by atoms with Crippen LogP contribution in [0.3, 0.4) is 0 Å². The van der Waals surface area contributed by atoms with Crippen LogP contribution in [0.4, 0.5) is 22.0 Å². The lowest BCUT2D eigenvalue weighted by atomic mass is 9.81. The fraction of sp³-hybridized carbons (Fsp3) is 0.643. The standard InChI is InChI=1S/C28H35F5N8O2/c1-15(2)41-24(34-14-35-41)25(43)39-23(18-6-9-27(29,30)10-7-18)20-13-40-11-8-19(36-26(40)37-20)22(17-4-5-17)38-21(42)12-16(3)28(31,32)33/h8,11,13-18,22-23H,4-7,9-10,12H2,1-3H3,(H,38,42)(H,39,43). The zero-order valence-corrected chi connectivity index (χ0v) is 24.1. The van der Waals surface area contributed by atoms with E-state index in [1.165, 1.54) is 11.0 Å². The molecule has 2 saturated carbocycles. The number of aromatic nitrogens is 6. The first-order valence-corrected chi connectivity index (χ1v) is 14.5. The topological polar surface area (TPSA) is 119 Å². The molecule has 2 aliphatic rings. The molecular weight excluding hydrogens is 575 g/mol. The number of carbonyl (C=O) groups excluding carboxylic acids is 2. The Morgan fingerprint density at radius 1 is 1.00 bits per heavy atom. The molecule has 2 aliphatic carbocycles. The number of carbonyl (C=O) groups is 2. The van der Waals surface area contributed by atoms with Gasteiger partial charge in [-0.15, -0.1) is 0 Å². The molecule has 10 nitrogen and oxygen atoms in total. The lowest BCUT2D eigenvalue weighted by molar-refractivity contribution is -0.174. The molecule has 0 radical (unpaired) electrons. The summed E-state index contributed by atoms with van der Waals surface area (Å²) < 4.78 is 70.1. The van der Waals surface area contributed by atoms with E-state index in [-0.39, 0.29) is 55.2 Å². The van der Waals surface area contributed by atoms with Crippen LogP contribution in [0.25, 0.3) is 5.78 Å². The molecule has 0 aromatic carbocycles.